The van der Waals surface area contributed by atoms with Gasteiger partial charge in [0.2, 0.25) is 0 Å². The number of carbonyl (C=O) groups excluding carboxylic acids is 1. The van der Waals surface area contributed by atoms with Crippen molar-refractivity contribution in [1.29, 1.82) is 0 Å². The largest absolute Gasteiger partial charge is 0.416 e. The van der Waals surface area contributed by atoms with E-state index in [0.717, 1.165) is 0 Å². The second kappa shape index (κ2) is 4.70. The zero-order chi connectivity index (χ0) is 16.2. The molecule has 0 heterocycles. The second-order valence-corrected chi connectivity index (χ2v) is 4.62. The van der Waals surface area contributed by atoms with E-state index >= 15 is 0 Å². The highest BCUT2D eigenvalue weighted by atomic mass is 19.4. The van der Waals surface area contributed by atoms with Crippen molar-refractivity contribution in [3.05, 3.63) is 34.9 Å². The summed E-state index contributed by atoms with van der Waals surface area (Å²) in [6.07, 6.45) is -15.2. The normalized spacial score (nSPS) is 24.1. The van der Waals surface area contributed by atoms with Crippen molar-refractivity contribution in [2.45, 2.75) is 24.6 Å². The lowest BCUT2D eigenvalue weighted by Gasteiger charge is -2.22. The van der Waals surface area contributed by atoms with Crippen LogP contribution in [0.4, 0.5) is 26.3 Å². The highest BCUT2D eigenvalue weighted by Gasteiger charge is 2.53. The molecule has 9 heteroatoms. The van der Waals surface area contributed by atoms with Gasteiger partial charge in [-0.1, -0.05) is 6.07 Å². The van der Waals surface area contributed by atoms with Crippen LogP contribution in [0.2, 0.25) is 0 Å². The van der Waals surface area contributed by atoms with Gasteiger partial charge in [0.1, 0.15) is 0 Å². The monoisotopic (exact) mass is 314 g/mol. The molecule has 1 aromatic carbocycles. The maximum atomic E-state index is 12.5. The van der Waals surface area contributed by atoms with Crippen LogP contribution in [0.3, 0.4) is 0 Å². The molecule has 0 spiro atoms. The van der Waals surface area contributed by atoms with Gasteiger partial charge in [-0.25, -0.2) is 0 Å². The molecule has 0 bridgehead atoms. The zero-order valence-electron chi connectivity index (χ0n) is 10.0. The number of fused-ring (bicyclic) bond motifs is 1. The maximum Gasteiger partial charge on any atom is 0.416 e. The minimum atomic E-state index is -5.17. The summed E-state index contributed by atoms with van der Waals surface area (Å²) in [6.45, 7) is 0. The smallest absolute Gasteiger partial charge is 0.388 e. The second-order valence-electron chi connectivity index (χ2n) is 4.62. The Bertz CT molecular complexity index is 577. The third-order valence-electron chi connectivity index (χ3n) is 3.28. The fourth-order valence-corrected chi connectivity index (χ4v) is 2.24. The van der Waals surface area contributed by atoms with Gasteiger partial charge in [0.05, 0.1) is 17.6 Å². The fourth-order valence-electron chi connectivity index (χ4n) is 2.24. The van der Waals surface area contributed by atoms with E-state index in [1.807, 2.05) is 0 Å². The Kier molecular flexibility index (Phi) is 3.53. The summed E-state index contributed by atoms with van der Waals surface area (Å²) in [5.74, 6) is -3.50. The molecule has 0 aromatic heterocycles. The van der Waals surface area contributed by atoms with E-state index in [2.05, 4.69) is 0 Å². The molecule has 0 saturated carbocycles. The summed E-state index contributed by atoms with van der Waals surface area (Å²) in [7, 11) is 0. The molecule has 2 rings (SSSR count). The molecule has 0 radical (unpaired) electrons. The van der Waals surface area contributed by atoms with Crippen molar-refractivity contribution in [2.24, 2.45) is 5.92 Å². The minimum Gasteiger partial charge on any atom is -0.388 e. The molecule has 0 fully saturated rings. The molecule has 1 aromatic rings. The van der Waals surface area contributed by atoms with Crippen LogP contribution in [0.5, 0.6) is 0 Å². The molecule has 21 heavy (non-hydrogen) atoms. The predicted molar refractivity (Wildman–Crippen MR) is 56.3 cm³/mol. The molecular formula is C12H8F6O3. The number of ketones is 1. The molecular weight excluding hydrogens is 306 g/mol. The Labute approximate surface area is 113 Å². The van der Waals surface area contributed by atoms with Crippen LogP contribution in [0, 0.1) is 5.92 Å². The summed E-state index contributed by atoms with van der Waals surface area (Å²) >= 11 is 0. The molecule has 0 saturated heterocycles. The summed E-state index contributed by atoms with van der Waals surface area (Å²) in [5, 5.41) is 18.8. The molecule has 3 unspecified atom stereocenters. The topological polar surface area (TPSA) is 57.5 Å². The zero-order valence-corrected chi connectivity index (χ0v) is 10.0. The Morgan fingerprint density at radius 2 is 1.67 bits per heavy atom. The van der Waals surface area contributed by atoms with Gasteiger partial charge in [-0.05, 0) is 17.7 Å². The number of carbonyl (C=O) groups is 1. The number of aliphatic hydroxyl groups excluding tert-OH is 2. The van der Waals surface area contributed by atoms with Gasteiger partial charge in [-0.3, -0.25) is 4.79 Å². The first-order chi connectivity index (χ1) is 9.44. The summed E-state index contributed by atoms with van der Waals surface area (Å²) in [5.41, 5.74) is -2.22. The number of hydrogen-bond acceptors (Lipinski definition) is 3. The van der Waals surface area contributed by atoms with Crippen molar-refractivity contribution in [3.63, 3.8) is 0 Å². The first kappa shape index (κ1) is 15.8. The molecule has 1 aliphatic rings. The summed E-state index contributed by atoms with van der Waals surface area (Å²) in [4.78, 5) is 11.8. The molecule has 3 nitrogen and oxygen atoms in total. The average molecular weight is 314 g/mol. The number of alkyl halides is 6. The average Bonchev–Trinajstić information content (AvgIpc) is 2.58. The Morgan fingerprint density at radius 3 is 2.14 bits per heavy atom. The number of aliphatic hydroxyl groups is 2. The van der Waals surface area contributed by atoms with Crippen LogP contribution in [0.25, 0.3) is 0 Å². The highest BCUT2D eigenvalue weighted by Crippen LogP contribution is 2.43. The minimum absolute atomic E-state index is 0.418. The van der Waals surface area contributed by atoms with Gasteiger partial charge in [0, 0.05) is 5.56 Å². The standard InChI is InChI=1S/C12H8F6O3/c13-11(14,15)4-1-2-5-6(3-4)9(20)7(8(5)19)10(21)12(16,17)18/h1-3,7,9-10,20-21H. The van der Waals surface area contributed by atoms with Crippen molar-refractivity contribution in [3.8, 4) is 0 Å². The van der Waals surface area contributed by atoms with Gasteiger partial charge in [0.15, 0.2) is 11.9 Å². The van der Waals surface area contributed by atoms with Gasteiger partial charge in [0.25, 0.3) is 0 Å². The number of hydrogen-bond donors (Lipinski definition) is 2. The lowest BCUT2D eigenvalue weighted by atomic mass is 9.95. The SMILES string of the molecule is O=C1c2ccc(C(F)(F)F)cc2C(O)C1C(O)C(F)(F)F. The van der Waals surface area contributed by atoms with Crippen LogP contribution in [0.1, 0.15) is 27.6 Å². The fraction of sp³-hybridized carbons (Fsp3) is 0.417. The Balaban J connectivity index is 2.45. The van der Waals surface area contributed by atoms with E-state index in [1.54, 1.807) is 0 Å². The van der Waals surface area contributed by atoms with Crippen LogP contribution in [0.15, 0.2) is 18.2 Å². The van der Waals surface area contributed by atoms with Crippen molar-refractivity contribution < 1.29 is 41.4 Å². The molecule has 116 valence electrons. The number of Topliss-reactive ketones (excluding diaryl/α,β-unsaturated/α-hetero) is 1. The lowest BCUT2D eigenvalue weighted by Crippen LogP contribution is -2.40. The quantitative estimate of drug-likeness (QED) is 0.783. The number of halogens is 6. The van der Waals surface area contributed by atoms with E-state index < -0.39 is 53.0 Å². The predicted octanol–water partition coefficient (Wildman–Crippen LogP) is 2.47. The molecule has 3 atom stereocenters. The lowest BCUT2D eigenvalue weighted by molar-refractivity contribution is -0.221. The molecule has 2 N–H and O–H groups in total. The number of rotatable bonds is 1. The number of benzene rings is 1. The summed E-state index contributed by atoms with van der Waals surface area (Å²) < 4.78 is 74.9. The van der Waals surface area contributed by atoms with Crippen molar-refractivity contribution >= 4 is 5.78 Å². The van der Waals surface area contributed by atoms with Crippen LogP contribution >= 0.6 is 0 Å². The van der Waals surface area contributed by atoms with E-state index in [9.17, 15) is 36.2 Å². The van der Waals surface area contributed by atoms with E-state index in [4.69, 9.17) is 5.11 Å². The van der Waals surface area contributed by atoms with Crippen LogP contribution < -0.4 is 0 Å². The van der Waals surface area contributed by atoms with E-state index in [-0.39, 0.29) is 0 Å². The third-order valence-corrected chi connectivity index (χ3v) is 3.28. The van der Waals surface area contributed by atoms with Gasteiger partial charge < -0.3 is 10.2 Å². The van der Waals surface area contributed by atoms with E-state index in [0.29, 0.717) is 18.2 Å². The summed E-state index contributed by atoms with van der Waals surface area (Å²) in [6, 6.07) is 1.65. The third kappa shape index (κ3) is 2.62. The van der Waals surface area contributed by atoms with Crippen LogP contribution in [-0.2, 0) is 6.18 Å². The molecule has 0 amide bonds. The van der Waals surface area contributed by atoms with Gasteiger partial charge in [-0.15, -0.1) is 0 Å². The van der Waals surface area contributed by atoms with Crippen molar-refractivity contribution in [1.82, 2.24) is 0 Å². The van der Waals surface area contributed by atoms with Crippen molar-refractivity contribution in [2.75, 3.05) is 0 Å². The van der Waals surface area contributed by atoms with E-state index in [1.165, 1.54) is 0 Å². The maximum absolute atomic E-state index is 12.5. The Hall–Kier alpha value is -1.61. The first-order valence-electron chi connectivity index (χ1n) is 5.63. The van der Waals surface area contributed by atoms with Gasteiger partial charge >= 0.3 is 12.4 Å². The Morgan fingerprint density at radius 1 is 1.10 bits per heavy atom. The first-order valence-corrected chi connectivity index (χ1v) is 5.63. The van der Waals surface area contributed by atoms with Crippen LogP contribution in [-0.4, -0.2) is 28.3 Å². The molecule has 1 aliphatic carbocycles. The molecule has 0 aliphatic heterocycles. The van der Waals surface area contributed by atoms with Gasteiger partial charge in [-0.2, -0.15) is 26.3 Å². The highest BCUT2D eigenvalue weighted by molar-refractivity contribution is 6.03.